The quantitative estimate of drug-likeness (QED) is 0.514. The van der Waals surface area contributed by atoms with Gasteiger partial charge in [0, 0.05) is 22.5 Å². The normalized spacial score (nSPS) is 10.7. The molecule has 1 N–H and O–H groups in total. The molecule has 0 aliphatic heterocycles. The van der Waals surface area contributed by atoms with Crippen LogP contribution in [0.4, 0.5) is 0 Å². The molecule has 5 nitrogen and oxygen atoms in total. The van der Waals surface area contributed by atoms with Crippen LogP contribution in [0.1, 0.15) is 10.5 Å². The van der Waals surface area contributed by atoms with Gasteiger partial charge in [-0.2, -0.15) is 0 Å². The van der Waals surface area contributed by atoms with Crippen LogP contribution in [0.3, 0.4) is 0 Å². The van der Waals surface area contributed by atoms with Gasteiger partial charge in [0.05, 0.1) is 6.54 Å². The number of rotatable bonds is 6. The number of hydrogen-bond acceptors (Lipinski definition) is 5. The van der Waals surface area contributed by atoms with Crippen LogP contribution < -0.4 is 10.1 Å². The maximum Gasteiger partial charge on any atom is 0.270 e. The van der Waals surface area contributed by atoms with Gasteiger partial charge in [0.25, 0.3) is 5.91 Å². The van der Waals surface area contributed by atoms with E-state index in [0.717, 1.165) is 21.5 Å². The molecule has 0 fully saturated rings. The molecule has 0 saturated heterocycles. The lowest BCUT2D eigenvalue weighted by Crippen LogP contribution is -2.28. The summed E-state index contributed by atoms with van der Waals surface area (Å²) in [6.07, 6.45) is 1.74. The lowest BCUT2D eigenvalue weighted by Gasteiger charge is -2.09. The average molecular weight is 375 g/mol. The number of benzene rings is 2. The van der Waals surface area contributed by atoms with Crippen molar-refractivity contribution in [3.8, 4) is 16.3 Å². The van der Waals surface area contributed by atoms with Crippen molar-refractivity contribution in [2.45, 2.75) is 0 Å². The Morgan fingerprint density at radius 1 is 1.04 bits per heavy atom. The zero-order valence-electron chi connectivity index (χ0n) is 14.5. The van der Waals surface area contributed by atoms with Gasteiger partial charge in [0.1, 0.15) is 28.6 Å². The van der Waals surface area contributed by atoms with E-state index < -0.39 is 0 Å². The first-order chi connectivity index (χ1) is 13.3. The van der Waals surface area contributed by atoms with E-state index in [1.54, 1.807) is 11.6 Å². The minimum atomic E-state index is -0.201. The number of carbonyl (C=O) groups excluding carboxylic acids is 1. The van der Waals surface area contributed by atoms with E-state index in [1.165, 1.54) is 11.3 Å². The molecule has 0 atom stereocenters. The fourth-order valence-corrected chi connectivity index (χ4v) is 3.51. The maximum atomic E-state index is 12.3. The van der Waals surface area contributed by atoms with Gasteiger partial charge in [-0.15, -0.1) is 11.3 Å². The first-order valence-corrected chi connectivity index (χ1v) is 9.45. The van der Waals surface area contributed by atoms with E-state index in [9.17, 15) is 4.79 Å². The Morgan fingerprint density at radius 3 is 2.78 bits per heavy atom. The van der Waals surface area contributed by atoms with E-state index in [4.69, 9.17) is 4.74 Å². The molecule has 4 aromatic rings. The summed E-state index contributed by atoms with van der Waals surface area (Å²) < 4.78 is 5.79. The molecule has 0 spiro atoms. The summed E-state index contributed by atoms with van der Waals surface area (Å²) in [5, 5.41) is 6.47. The van der Waals surface area contributed by atoms with Gasteiger partial charge < -0.3 is 10.1 Å². The predicted octanol–water partition coefficient (Wildman–Crippen LogP) is 4.17. The summed E-state index contributed by atoms with van der Waals surface area (Å²) in [4.78, 5) is 21.0. The van der Waals surface area contributed by atoms with Crippen LogP contribution in [-0.2, 0) is 0 Å². The monoisotopic (exact) mass is 375 g/mol. The largest absolute Gasteiger partial charge is 0.489 e. The minimum Gasteiger partial charge on any atom is -0.489 e. The van der Waals surface area contributed by atoms with Gasteiger partial charge in [-0.25, -0.2) is 4.98 Å². The second-order valence-electron chi connectivity index (χ2n) is 5.84. The standard InChI is InChI=1S/C21H17N3O2S/c25-20(17-14-27-21(24-17)16-6-2-1-3-7-16)23-12-13-26-18-10-4-8-15-9-5-11-22-19(15)18/h1-11,14H,12-13H2,(H,23,25). The molecule has 2 aromatic heterocycles. The van der Waals surface area contributed by atoms with Crippen molar-refractivity contribution < 1.29 is 9.53 Å². The van der Waals surface area contributed by atoms with Crippen molar-refractivity contribution in [3.05, 3.63) is 77.9 Å². The Bertz CT molecular complexity index is 1060. The number of nitrogens with one attached hydrogen (secondary N) is 1. The topological polar surface area (TPSA) is 64.1 Å². The molecule has 0 aliphatic carbocycles. The molecule has 0 bridgehead atoms. The third-order valence-electron chi connectivity index (χ3n) is 4.00. The van der Waals surface area contributed by atoms with E-state index in [0.29, 0.717) is 24.6 Å². The molecule has 4 rings (SSSR count). The molecule has 2 heterocycles. The number of carbonyl (C=O) groups is 1. The van der Waals surface area contributed by atoms with Gasteiger partial charge in [0.2, 0.25) is 0 Å². The van der Waals surface area contributed by atoms with Crippen molar-refractivity contribution >= 4 is 28.1 Å². The summed E-state index contributed by atoms with van der Waals surface area (Å²) in [6.45, 7) is 0.747. The van der Waals surface area contributed by atoms with Crippen molar-refractivity contribution in [2.75, 3.05) is 13.2 Å². The molecule has 2 aromatic carbocycles. The van der Waals surface area contributed by atoms with Crippen LogP contribution in [0.5, 0.6) is 5.75 Å². The van der Waals surface area contributed by atoms with Gasteiger partial charge in [-0.1, -0.05) is 48.5 Å². The number of ether oxygens (including phenoxy) is 1. The highest BCUT2D eigenvalue weighted by Crippen LogP contribution is 2.24. The number of fused-ring (bicyclic) bond motifs is 1. The van der Waals surface area contributed by atoms with Gasteiger partial charge in [-0.3, -0.25) is 9.78 Å². The lowest BCUT2D eigenvalue weighted by atomic mass is 10.2. The van der Waals surface area contributed by atoms with Crippen LogP contribution in [0.15, 0.2) is 72.2 Å². The molecule has 0 aliphatic rings. The first-order valence-electron chi connectivity index (χ1n) is 8.57. The number of hydrogen-bond donors (Lipinski definition) is 1. The highest BCUT2D eigenvalue weighted by atomic mass is 32.1. The van der Waals surface area contributed by atoms with E-state index in [2.05, 4.69) is 15.3 Å². The number of aromatic nitrogens is 2. The zero-order valence-corrected chi connectivity index (χ0v) is 15.3. The third kappa shape index (κ3) is 3.96. The average Bonchev–Trinajstić information content (AvgIpc) is 3.22. The fraction of sp³-hybridized carbons (Fsp3) is 0.0952. The summed E-state index contributed by atoms with van der Waals surface area (Å²) in [5.74, 6) is 0.510. The van der Waals surface area contributed by atoms with Crippen LogP contribution in [0.25, 0.3) is 21.5 Å². The van der Waals surface area contributed by atoms with Crippen LogP contribution >= 0.6 is 11.3 Å². The first kappa shape index (κ1) is 17.2. The Hall–Kier alpha value is -3.25. The minimum absolute atomic E-state index is 0.201. The molecule has 6 heteroatoms. The second-order valence-corrected chi connectivity index (χ2v) is 6.70. The fourth-order valence-electron chi connectivity index (χ4n) is 2.70. The smallest absolute Gasteiger partial charge is 0.270 e. The predicted molar refractivity (Wildman–Crippen MR) is 107 cm³/mol. The Labute approximate surface area is 160 Å². The van der Waals surface area contributed by atoms with Gasteiger partial charge >= 0.3 is 0 Å². The molecule has 27 heavy (non-hydrogen) atoms. The molecule has 0 radical (unpaired) electrons. The van der Waals surface area contributed by atoms with Crippen molar-refractivity contribution in [3.63, 3.8) is 0 Å². The third-order valence-corrected chi connectivity index (χ3v) is 4.89. The number of thiazole rings is 1. The van der Waals surface area contributed by atoms with E-state index in [1.807, 2.05) is 60.7 Å². The van der Waals surface area contributed by atoms with E-state index >= 15 is 0 Å². The number of pyridine rings is 1. The zero-order chi connectivity index (χ0) is 18.5. The Kier molecular flexibility index (Phi) is 5.07. The lowest BCUT2D eigenvalue weighted by molar-refractivity contribution is 0.0943. The van der Waals surface area contributed by atoms with Gasteiger partial charge in [-0.05, 0) is 12.1 Å². The van der Waals surface area contributed by atoms with Crippen LogP contribution in [-0.4, -0.2) is 29.0 Å². The number of amides is 1. The molecule has 0 saturated carbocycles. The summed E-state index contributed by atoms with van der Waals surface area (Å²) in [5.41, 5.74) is 2.25. The molecule has 1 amide bonds. The number of para-hydroxylation sites is 1. The van der Waals surface area contributed by atoms with E-state index in [-0.39, 0.29) is 5.91 Å². The molecular weight excluding hydrogens is 358 g/mol. The van der Waals surface area contributed by atoms with Gasteiger partial charge in [0.15, 0.2) is 0 Å². The molecular formula is C21H17N3O2S. The molecule has 134 valence electrons. The van der Waals surface area contributed by atoms with Crippen molar-refractivity contribution in [1.29, 1.82) is 0 Å². The van der Waals surface area contributed by atoms with Crippen LogP contribution in [0.2, 0.25) is 0 Å². The number of nitrogens with zero attached hydrogens (tertiary/aromatic N) is 2. The SMILES string of the molecule is O=C(NCCOc1cccc2cccnc12)c1csc(-c2ccccc2)n1. The highest BCUT2D eigenvalue weighted by molar-refractivity contribution is 7.13. The maximum absolute atomic E-state index is 12.3. The van der Waals surface area contributed by atoms with Crippen molar-refractivity contribution in [1.82, 2.24) is 15.3 Å². The van der Waals surface area contributed by atoms with Crippen molar-refractivity contribution in [2.24, 2.45) is 0 Å². The Balaban J connectivity index is 1.33. The summed E-state index contributed by atoms with van der Waals surface area (Å²) in [6, 6.07) is 19.5. The Morgan fingerprint density at radius 2 is 1.89 bits per heavy atom. The summed E-state index contributed by atoms with van der Waals surface area (Å²) >= 11 is 1.46. The molecule has 0 unspecified atom stereocenters. The highest BCUT2D eigenvalue weighted by Gasteiger charge is 2.11. The second kappa shape index (κ2) is 7.97. The summed E-state index contributed by atoms with van der Waals surface area (Å²) in [7, 11) is 0. The van der Waals surface area contributed by atoms with Crippen LogP contribution in [0, 0.1) is 0 Å².